The lowest BCUT2D eigenvalue weighted by Crippen LogP contribution is -2.52. The summed E-state index contributed by atoms with van der Waals surface area (Å²) in [6.45, 7) is 4.41. The second-order valence-electron chi connectivity index (χ2n) is 5.34. The normalized spacial score (nSPS) is 11.5. The number of benzene rings is 1. The predicted molar refractivity (Wildman–Crippen MR) is 79.8 cm³/mol. The highest BCUT2D eigenvalue weighted by Gasteiger charge is 2.25. The largest absolute Gasteiger partial charge is 0.349 e. The third kappa shape index (κ3) is 5.08. The number of hydrogen-bond acceptors (Lipinski definition) is 2. The van der Waals surface area contributed by atoms with Gasteiger partial charge in [0.05, 0.1) is 5.54 Å². The van der Waals surface area contributed by atoms with Gasteiger partial charge in [-0.1, -0.05) is 19.9 Å². The summed E-state index contributed by atoms with van der Waals surface area (Å²) < 4.78 is 25.9. The van der Waals surface area contributed by atoms with Gasteiger partial charge in [0.1, 0.15) is 0 Å². The van der Waals surface area contributed by atoms with Crippen LogP contribution in [0.3, 0.4) is 0 Å². The monoisotopic (exact) mass is 298 g/mol. The number of aryl methyl sites for hydroxylation is 1. The van der Waals surface area contributed by atoms with E-state index in [1.54, 1.807) is 6.07 Å². The van der Waals surface area contributed by atoms with Gasteiger partial charge in [-0.05, 0) is 43.4 Å². The predicted octanol–water partition coefficient (Wildman–Crippen LogP) is 2.92. The zero-order chi connectivity index (χ0) is 15.9. The van der Waals surface area contributed by atoms with Crippen molar-refractivity contribution in [3.63, 3.8) is 0 Å². The van der Waals surface area contributed by atoms with Gasteiger partial charge in [-0.3, -0.25) is 4.79 Å². The number of nitrogens with two attached hydrogens (primary N) is 1. The van der Waals surface area contributed by atoms with E-state index in [0.29, 0.717) is 31.4 Å². The fourth-order valence-electron chi connectivity index (χ4n) is 2.27. The number of halogens is 2. The molecule has 3 nitrogen and oxygen atoms in total. The molecular formula is C16H24F2N2O. The zero-order valence-electron chi connectivity index (χ0n) is 12.7. The second-order valence-corrected chi connectivity index (χ2v) is 5.34. The van der Waals surface area contributed by atoms with Crippen LogP contribution < -0.4 is 11.1 Å². The Balaban J connectivity index is 2.44. The van der Waals surface area contributed by atoms with Crippen LogP contribution in [0, 0.1) is 11.6 Å². The van der Waals surface area contributed by atoms with Crippen molar-refractivity contribution in [2.24, 2.45) is 5.73 Å². The molecule has 0 saturated carbocycles. The minimum absolute atomic E-state index is 0.0493. The summed E-state index contributed by atoms with van der Waals surface area (Å²) >= 11 is 0. The summed E-state index contributed by atoms with van der Waals surface area (Å²) in [7, 11) is 0. The lowest BCUT2D eigenvalue weighted by molar-refractivity contribution is -0.123. The number of carbonyl (C=O) groups excluding carboxylic acids is 1. The first-order valence-corrected chi connectivity index (χ1v) is 7.41. The van der Waals surface area contributed by atoms with E-state index in [-0.39, 0.29) is 11.4 Å². The quantitative estimate of drug-likeness (QED) is 0.775. The van der Waals surface area contributed by atoms with Crippen molar-refractivity contribution in [1.29, 1.82) is 0 Å². The summed E-state index contributed by atoms with van der Waals surface area (Å²) in [5, 5.41) is 2.99. The first-order valence-electron chi connectivity index (χ1n) is 7.41. The van der Waals surface area contributed by atoms with Crippen LogP contribution in [0.1, 0.15) is 45.1 Å². The molecule has 0 fully saturated rings. The van der Waals surface area contributed by atoms with Crippen molar-refractivity contribution in [1.82, 2.24) is 5.32 Å². The summed E-state index contributed by atoms with van der Waals surface area (Å²) in [5.41, 5.74) is 6.09. The maximum atomic E-state index is 13.1. The molecule has 118 valence electrons. The maximum absolute atomic E-state index is 13.1. The molecule has 1 amide bonds. The van der Waals surface area contributed by atoms with Crippen LogP contribution in [0.15, 0.2) is 18.2 Å². The molecule has 1 aromatic carbocycles. The van der Waals surface area contributed by atoms with Gasteiger partial charge in [0.15, 0.2) is 11.6 Å². The molecular weight excluding hydrogens is 274 g/mol. The average molecular weight is 298 g/mol. The maximum Gasteiger partial charge on any atom is 0.220 e. The fraction of sp³-hybridized carbons (Fsp3) is 0.562. The standard InChI is InChI=1S/C16H24F2N2O/c1-3-16(4-2,11-19)20-15(21)7-5-6-12-8-9-13(17)14(18)10-12/h8-10H,3-7,11,19H2,1-2H3,(H,20,21). The molecule has 0 unspecified atom stereocenters. The Bertz CT molecular complexity index is 465. The fourth-order valence-corrected chi connectivity index (χ4v) is 2.27. The Morgan fingerprint density at radius 1 is 1.24 bits per heavy atom. The molecule has 0 aliphatic carbocycles. The van der Waals surface area contributed by atoms with Crippen LogP contribution in [-0.4, -0.2) is 18.0 Å². The van der Waals surface area contributed by atoms with Crippen molar-refractivity contribution in [2.75, 3.05) is 6.54 Å². The van der Waals surface area contributed by atoms with Crippen LogP contribution >= 0.6 is 0 Å². The second kappa shape index (κ2) is 8.08. The van der Waals surface area contributed by atoms with Crippen LogP contribution in [0.2, 0.25) is 0 Å². The Labute approximate surface area is 124 Å². The van der Waals surface area contributed by atoms with Crippen LogP contribution in [0.5, 0.6) is 0 Å². The lowest BCUT2D eigenvalue weighted by atomic mass is 9.92. The highest BCUT2D eigenvalue weighted by atomic mass is 19.2. The van der Waals surface area contributed by atoms with Crippen molar-refractivity contribution in [3.8, 4) is 0 Å². The van der Waals surface area contributed by atoms with E-state index in [2.05, 4.69) is 5.32 Å². The Hall–Kier alpha value is -1.49. The molecule has 0 spiro atoms. The number of hydrogen-bond donors (Lipinski definition) is 2. The van der Waals surface area contributed by atoms with Gasteiger partial charge >= 0.3 is 0 Å². The van der Waals surface area contributed by atoms with Crippen molar-refractivity contribution in [3.05, 3.63) is 35.4 Å². The van der Waals surface area contributed by atoms with E-state index in [1.165, 1.54) is 6.07 Å². The van der Waals surface area contributed by atoms with Crippen LogP contribution in [0.4, 0.5) is 8.78 Å². The Morgan fingerprint density at radius 3 is 2.43 bits per heavy atom. The van der Waals surface area contributed by atoms with Crippen molar-refractivity contribution < 1.29 is 13.6 Å². The number of amides is 1. The van der Waals surface area contributed by atoms with Gasteiger partial charge < -0.3 is 11.1 Å². The van der Waals surface area contributed by atoms with Crippen LogP contribution in [-0.2, 0) is 11.2 Å². The molecule has 0 aliphatic heterocycles. The summed E-state index contributed by atoms with van der Waals surface area (Å²) in [6, 6.07) is 3.83. The smallest absolute Gasteiger partial charge is 0.220 e. The molecule has 1 aromatic rings. The van der Waals surface area contributed by atoms with E-state index in [4.69, 9.17) is 5.73 Å². The van der Waals surface area contributed by atoms with Gasteiger partial charge in [0, 0.05) is 13.0 Å². The first kappa shape index (κ1) is 17.6. The average Bonchev–Trinajstić information content (AvgIpc) is 2.48. The molecule has 0 aromatic heterocycles. The molecule has 0 heterocycles. The van der Waals surface area contributed by atoms with Crippen molar-refractivity contribution >= 4 is 5.91 Å². The van der Waals surface area contributed by atoms with E-state index >= 15 is 0 Å². The minimum Gasteiger partial charge on any atom is -0.349 e. The number of nitrogens with one attached hydrogen (secondary N) is 1. The molecule has 21 heavy (non-hydrogen) atoms. The highest BCUT2D eigenvalue weighted by Crippen LogP contribution is 2.15. The Morgan fingerprint density at radius 2 is 1.90 bits per heavy atom. The highest BCUT2D eigenvalue weighted by molar-refractivity contribution is 5.76. The van der Waals surface area contributed by atoms with E-state index in [1.807, 2.05) is 13.8 Å². The summed E-state index contributed by atoms with van der Waals surface area (Å²) in [4.78, 5) is 11.9. The molecule has 3 N–H and O–H groups in total. The van der Waals surface area contributed by atoms with Gasteiger partial charge in [0.25, 0.3) is 0 Å². The van der Waals surface area contributed by atoms with Gasteiger partial charge in [0.2, 0.25) is 5.91 Å². The Kier molecular flexibility index (Phi) is 6.75. The summed E-state index contributed by atoms with van der Waals surface area (Å²) in [6.07, 6.45) is 3.05. The topological polar surface area (TPSA) is 55.1 Å². The first-order chi connectivity index (χ1) is 9.96. The summed E-state index contributed by atoms with van der Waals surface area (Å²) in [5.74, 6) is -1.75. The molecule has 0 aliphatic rings. The third-order valence-electron chi connectivity index (χ3n) is 4.00. The molecule has 5 heteroatoms. The van der Waals surface area contributed by atoms with E-state index < -0.39 is 11.6 Å². The van der Waals surface area contributed by atoms with Gasteiger partial charge in [-0.15, -0.1) is 0 Å². The van der Waals surface area contributed by atoms with E-state index in [0.717, 1.165) is 18.9 Å². The molecule has 0 radical (unpaired) electrons. The van der Waals surface area contributed by atoms with E-state index in [9.17, 15) is 13.6 Å². The van der Waals surface area contributed by atoms with Gasteiger partial charge in [-0.25, -0.2) is 8.78 Å². The lowest BCUT2D eigenvalue weighted by Gasteiger charge is -2.31. The SMILES string of the molecule is CCC(CC)(CN)NC(=O)CCCc1ccc(F)c(F)c1. The van der Waals surface area contributed by atoms with Gasteiger partial charge in [-0.2, -0.15) is 0 Å². The number of rotatable bonds is 8. The molecule has 1 rings (SSSR count). The zero-order valence-corrected chi connectivity index (χ0v) is 12.7. The molecule has 0 atom stereocenters. The molecule has 0 saturated heterocycles. The van der Waals surface area contributed by atoms with Crippen LogP contribution in [0.25, 0.3) is 0 Å². The van der Waals surface area contributed by atoms with Crippen molar-refractivity contribution in [2.45, 2.75) is 51.5 Å². The number of carbonyl (C=O) groups is 1. The molecule has 0 bridgehead atoms. The third-order valence-corrected chi connectivity index (χ3v) is 4.00. The minimum atomic E-state index is -0.852.